The highest BCUT2D eigenvalue weighted by atomic mass is 79.9. The van der Waals surface area contributed by atoms with Crippen LogP contribution in [0.5, 0.6) is 0 Å². The first-order chi connectivity index (χ1) is 7.92. The van der Waals surface area contributed by atoms with Crippen LogP contribution >= 0.6 is 15.9 Å². The molecule has 0 aliphatic heterocycles. The molecule has 0 fully saturated rings. The summed E-state index contributed by atoms with van der Waals surface area (Å²) in [5.41, 5.74) is 0. The van der Waals surface area contributed by atoms with Crippen LogP contribution in [-0.4, -0.2) is 12.7 Å². The number of rotatable bonds is 6. The highest BCUT2D eigenvalue weighted by molar-refractivity contribution is 9.10. The van der Waals surface area contributed by atoms with Crippen molar-refractivity contribution >= 4 is 15.9 Å². The van der Waals surface area contributed by atoms with Crippen LogP contribution in [0.15, 0.2) is 21.2 Å². The molecule has 1 N–H and O–H groups in total. The van der Waals surface area contributed by atoms with E-state index in [-0.39, 0.29) is 12.5 Å². The zero-order valence-electron chi connectivity index (χ0n) is 9.48. The lowest BCUT2D eigenvalue weighted by atomic mass is 10.1. The van der Waals surface area contributed by atoms with Crippen molar-refractivity contribution in [1.82, 2.24) is 5.32 Å². The minimum absolute atomic E-state index is 0.0967. The predicted molar refractivity (Wildman–Crippen MR) is 62.7 cm³/mol. The van der Waals surface area contributed by atoms with Crippen LogP contribution in [0.4, 0.5) is 13.2 Å². The highest BCUT2D eigenvalue weighted by Crippen LogP contribution is 2.28. The van der Waals surface area contributed by atoms with Gasteiger partial charge in [-0.3, -0.25) is 0 Å². The summed E-state index contributed by atoms with van der Waals surface area (Å²) in [6, 6.07) is 3.35. The van der Waals surface area contributed by atoms with Crippen molar-refractivity contribution < 1.29 is 17.6 Å². The largest absolute Gasteiger partial charge is 0.453 e. The maximum atomic E-state index is 12.0. The molecule has 0 aliphatic rings. The Kier molecular flexibility index (Phi) is 5.52. The third-order valence-electron chi connectivity index (χ3n) is 2.34. The van der Waals surface area contributed by atoms with Crippen molar-refractivity contribution in [2.75, 3.05) is 6.54 Å². The van der Waals surface area contributed by atoms with Crippen LogP contribution in [0.2, 0.25) is 0 Å². The summed E-state index contributed by atoms with van der Waals surface area (Å²) in [7, 11) is 0. The molecule has 1 aromatic rings. The molecule has 6 heteroatoms. The van der Waals surface area contributed by atoms with E-state index in [1.165, 1.54) is 0 Å². The molecule has 0 saturated heterocycles. The number of nitrogens with one attached hydrogen (secondary N) is 1. The SMILES string of the molecule is CCNC(CCCC(F)(F)F)c1ccc(Br)o1. The van der Waals surface area contributed by atoms with E-state index in [1.807, 2.05) is 6.92 Å². The van der Waals surface area contributed by atoms with Gasteiger partial charge < -0.3 is 9.73 Å². The lowest BCUT2D eigenvalue weighted by Gasteiger charge is -2.15. The number of alkyl halides is 3. The fraction of sp³-hybridized carbons (Fsp3) is 0.636. The summed E-state index contributed by atoms with van der Waals surface area (Å²) in [4.78, 5) is 0. The van der Waals surface area contributed by atoms with Gasteiger partial charge >= 0.3 is 6.18 Å². The molecule has 0 radical (unpaired) electrons. The Labute approximate surface area is 107 Å². The Balaban J connectivity index is 2.49. The Bertz CT molecular complexity index is 338. The lowest BCUT2D eigenvalue weighted by molar-refractivity contribution is -0.135. The molecule has 0 aromatic carbocycles. The third-order valence-corrected chi connectivity index (χ3v) is 2.77. The molecule has 0 spiro atoms. The topological polar surface area (TPSA) is 25.2 Å². The number of hydrogen-bond acceptors (Lipinski definition) is 2. The van der Waals surface area contributed by atoms with E-state index in [0.717, 1.165) is 0 Å². The van der Waals surface area contributed by atoms with E-state index in [1.54, 1.807) is 12.1 Å². The second kappa shape index (κ2) is 6.44. The molecule has 0 amide bonds. The number of halogens is 4. The highest BCUT2D eigenvalue weighted by Gasteiger charge is 2.27. The van der Waals surface area contributed by atoms with Gasteiger partial charge in [0.25, 0.3) is 0 Å². The molecule has 0 saturated carbocycles. The van der Waals surface area contributed by atoms with E-state index >= 15 is 0 Å². The Morgan fingerprint density at radius 3 is 2.59 bits per heavy atom. The smallest absolute Gasteiger partial charge is 0.389 e. The Morgan fingerprint density at radius 1 is 1.41 bits per heavy atom. The van der Waals surface area contributed by atoms with Gasteiger partial charge in [0.1, 0.15) is 5.76 Å². The van der Waals surface area contributed by atoms with Gasteiger partial charge in [0.2, 0.25) is 0 Å². The molecular weight excluding hydrogens is 299 g/mol. The third kappa shape index (κ3) is 5.59. The summed E-state index contributed by atoms with van der Waals surface area (Å²) in [6.45, 7) is 2.60. The van der Waals surface area contributed by atoms with Crippen molar-refractivity contribution in [3.8, 4) is 0 Å². The van der Waals surface area contributed by atoms with Gasteiger partial charge in [-0.15, -0.1) is 0 Å². The normalized spacial score (nSPS) is 13.9. The van der Waals surface area contributed by atoms with Crippen LogP contribution in [0.1, 0.15) is 38.0 Å². The van der Waals surface area contributed by atoms with Crippen molar-refractivity contribution in [3.63, 3.8) is 0 Å². The van der Waals surface area contributed by atoms with Gasteiger partial charge in [-0.05, 0) is 47.4 Å². The molecule has 98 valence electrons. The van der Waals surface area contributed by atoms with Crippen LogP contribution in [0, 0.1) is 0 Å². The van der Waals surface area contributed by atoms with Crippen molar-refractivity contribution in [2.45, 2.75) is 38.4 Å². The molecule has 1 heterocycles. The first-order valence-electron chi connectivity index (χ1n) is 5.47. The van der Waals surface area contributed by atoms with Crippen LogP contribution in [0.3, 0.4) is 0 Å². The van der Waals surface area contributed by atoms with E-state index in [0.29, 0.717) is 23.4 Å². The summed E-state index contributed by atoms with van der Waals surface area (Å²) in [5.74, 6) is 0.667. The number of furan rings is 1. The standard InChI is InChI=1S/C11H15BrF3NO/c1-2-16-8(4-3-7-11(13,14)15)9-5-6-10(12)17-9/h5-6,8,16H,2-4,7H2,1H3. The summed E-state index contributed by atoms with van der Waals surface area (Å²) in [5, 5.41) is 3.12. The Morgan fingerprint density at radius 2 is 2.12 bits per heavy atom. The van der Waals surface area contributed by atoms with E-state index in [4.69, 9.17) is 4.42 Å². The minimum Gasteiger partial charge on any atom is -0.453 e. The molecule has 2 nitrogen and oxygen atoms in total. The summed E-state index contributed by atoms with van der Waals surface area (Å²) >= 11 is 3.18. The van der Waals surface area contributed by atoms with E-state index in [9.17, 15) is 13.2 Å². The molecule has 0 bridgehead atoms. The second-order valence-corrected chi connectivity index (χ2v) is 4.54. The summed E-state index contributed by atoms with van der Waals surface area (Å²) in [6.07, 6.45) is -4.33. The van der Waals surface area contributed by atoms with Crippen molar-refractivity contribution in [1.29, 1.82) is 0 Å². The average Bonchev–Trinajstić information content (AvgIpc) is 2.62. The van der Waals surface area contributed by atoms with Crippen LogP contribution < -0.4 is 5.32 Å². The van der Waals surface area contributed by atoms with Crippen molar-refractivity contribution in [3.05, 3.63) is 22.6 Å². The molecular formula is C11H15BrF3NO. The van der Waals surface area contributed by atoms with Gasteiger partial charge in [0, 0.05) is 6.42 Å². The number of hydrogen-bond donors (Lipinski definition) is 1. The molecule has 1 atom stereocenters. The monoisotopic (exact) mass is 313 g/mol. The zero-order valence-corrected chi connectivity index (χ0v) is 11.1. The van der Waals surface area contributed by atoms with E-state index < -0.39 is 12.6 Å². The first kappa shape index (κ1) is 14.6. The van der Waals surface area contributed by atoms with Gasteiger partial charge in [0.15, 0.2) is 4.67 Å². The minimum atomic E-state index is -4.08. The Hall–Kier alpha value is -0.490. The predicted octanol–water partition coefficient (Wildman–Crippen LogP) is 4.43. The quantitative estimate of drug-likeness (QED) is 0.840. The molecule has 0 aliphatic carbocycles. The molecule has 1 unspecified atom stereocenters. The zero-order chi connectivity index (χ0) is 12.9. The molecule has 1 rings (SSSR count). The van der Waals surface area contributed by atoms with Crippen LogP contribution in [0.25, 0.3) is 0 Å². The fourth-order valence-corrected chi connectivity index (χ4v) is 1.93. The lowest BCUT2D eigenvalue weighted by Crippen LogP contribution is -2.21. The summed E-state index contributed by atoms with van der Waals surface area (Å²) < 4.78 is 42.1. The first-order valence-corrected chi connectivity index (χ1v) is 6.27. The van der Waals surface area contributed by atoms with Crippen molar-refractivity contribution in [2.24, 2.45) is 0 Å². The fourth-order valence-electron chi connectivity index (χ4n) is 1.61. The van der Waals surface area contributed by atoms with E-state index in [2.05, 4.69) is 21.2 Å². The second-order valence-electron chi connectivity index (χ2n) is 3.76. The van der Waals surface area contributed by atoms with Gasteiger partial charge in [-0.1, -0.05) is 6.92 Å². The van der Waals surface area contributed by atoms with Gasteiger partial charge in [-0.2, -0.15) is 13.2 Å². The van der Waals surface area contributed by atoms with Gasteiger partial charge in [0.05, 0.1) is 6.04 Å². The molecule has 1 aromatic heterocycles. The van der Waals surface area contributed by atoms with Gasteiger partial charge in [-0.25, -0.2) is 0 Å². The average molecular weight is 314 g/mol. The maximum Gasteiger partial charge on any atom is 0.389 e. The van der Waals surface area contributed by atoms with Crippen LogP contribution in [-0.2, 0) is 0 Å². The molecule has 17 heavy (non-hydrogen) atoms. The maximum absolute atomic E-state index is 12.0.